The Bertz CT molecular complexity index is 456. The van der Waals surface area contributed by atoms with Gasteiger partial charge in [-0.1, -0.05) is 39.2 Å². The molecule has 1 aromatic heterocycles. The van der Waals surface area contributed by atoms with Crippen LogP contribution in [0.1, 0.15) is 12.7 Å². The highest BCUT2D eigenvalue weighted by molar-refractivity contribution is 9.08. The summed E-state index contributed by atoms with van der Waals surface area (Å²) in [5, 5.41) is 8.73. The number of ether oxygens (including phenoxy) is 1. The zero-order valence-electron chi connectivity index (χ0n) is 8.93. The van der Waals surface area contributed by atoms with Gasteiger partial charge in [0.25, 0.3) is 0 Å². The van der Waals surface area contributed by atoms with Gasteiger partial charge in [-0.15, -0.1) is 5.10 Å². The summed E-state index contributed by atoms with van der Waals surface area (Å²) in [6.45, 7) is 2.51. The van der Waals surface area contributed by atoms with Gasteiger partial charge in [0.15, 0.2) is 5.82 Å². The fraction of sp³-hybridized carbons (Fsp3) is 0.273. The lowest BCUT2D eigenvalue weighted by atomic mass is 10.3. The molecule has 1 heterocycles. The van der Waals surface area contributed by atoms with Crippen LogP contribution in [-0.2, 0) is 5.33 Å². The van der Waals surface area contributed by atoms with Crippen LogP contribution >= 0.6 is 15.9 Å². The van der Waals surface area contributed by atoms with Crippen LogP contribution in [0.3, 0.4) is 0 Å². The zero-order valence-corrected chi connectivity index (χ0v) is 10.5. The highest BCUT2D eigenvalue weighted by Gasteiger charge is 2.13. The van der Waals surface area contributed by atoms with E-state index in [0.29, 0.717) is 17.9 Å². The quantitative estimate of drug-likeness (QED) is 0.809. The maximum absolute atomic E-state index is 5.44. The third kappa shape index (κ3) is 2.09. The Morgan fingerprint density at radius 3 is 2.62 bits per heavy atom. The van der Waals surface area contributed by atoms with E-state index in [2.05, 4.69) is 26.1 Å². The molecule has 2 aromatic rings. The number of aromatic nitrogens is 3. The summed E-state index contributed by atoms with van der Waals surface area (Å²) < 4.78 is 7.34. The summed E-state index contributed by atoms with van der Waals surface area (Å²) in [6, 6.07) is 10.5. The molecule has 0 N–H and O–H groups in total. The highest BCUT2D eigenvalue weighted by Crippen LogP contribution is 2.19. The number of nitrogens with zero attached hydrogens (tertiary/aromatic N) is 3. The molecule has 5 heteroatoms. The minimum Gasteiger partial charge on any atom is -0.464 e. The van der Waals surface area contributed by atoms with Gasteiger partial charge >= 0.3 is 6.01 Å². The summed E-state index contributed by atoms with van der Waals surface area (Å²) in [6.07, 6.45) is 0. The number of alkyl halides is 1. The van der Waals surface area contributed by atoms with Crippen molar-refractivity contribution < 1.29 is 4.74 Å². The largest absolute Gasteiger partial charge is 0.464 e. The van der Waals surface area contributed by atoms with Crippen molar-refractivity contribution in [2.24, 2.45) is 0 Å². The first-order chi connectivity index (χ1) is 7.86. The van der Waals surface area contributed by atoms with Crippen LogP contribution in [0, 0.1) is 0 Å². The first-order valence-corrected chi connectivity index (χ1v) is 6.17. The lowest BCUT2D eigenvalue weighted by molar-refractivity contribution is 0.306. The van der Waals surface area contributed by atoms with Gasteiger partial charge in [0.2, 0.25) is 0 Å². The Morgan fingerprint density at radius 1 is 1.25 bits per heavy atom. The molecule has 0 radical (unpaired) electrons. The average molecular weight is 282 g/mol. The molecule has 84 valence electrons. The number of rotatable bonds is 4. The van der Waals surface area contributed by atoms with Gasteiger partial charge in [-0.25, -0.2) is 4.57 Å². The molecule has 0 aliphatic rings. The Hall–Kier alpha value is -1.36. The first kappa shape index (κ1) is 11.1. The van der Waals surface area contributed by atoms with Crippen molar-refractivity contribution in [3.05, 3.63) is 36.2 Å². The molecule has 0 saturated heterocycles. The molecular formula is C11H12BrN3O. The Morgan fingerprint density at radius 2 is 2.00 bits per heavy atom. The molecule has 0 aliphatic carbocycles. The maximum atomic E-state index is 5.44. The topological polar surface area (TPSA) is 39.9 Å². The van der Waals surface area contributed by atoms with Crippen molar-refractivity contribution in [2.75, 3.05) is 6.61 Å². The SMILES string of the molecule is CCOc1nnc(CBr)n1-c1ccccc1. The summed E-state index contributed by atoms with van der Waals surface area (Å²) in [5.74, 6) is 0.828. The van der Waals surface area contributed by atoms with Crippen LogP contribution in [0.15, 0.2) is 30.3 Å². The number of halogens is 1. The van der Waals surface area contributed by atoms with E-state index in [9.17, 15) is 0 Å². The van der Waals surface area contributed by atoms with E-state index in [1.54, 1.807) is 0 Å². The van der Waals surface area contributed by atoms with Gasteiger partial charge in [-0.05, 0) is 19.1 Å². The number of hydrogen-bond donors (Lipinski definition) is 0. The van der Waals surface area contributed by atoms with Gasteiger partial charge < -0.3 is 4.74 Å². The molecule has 0 saturated carbocycles. The predicted octanol–water partition coefficient (Wildman–Crippen LogP) is 2.56. The zero-order chi connectivity index (χ0) is 11.4. The van der Waals surface area contributed by atoms with E-state index >= 15 is 0 Å². The van der Waals surface area contributed by atoms with E-state index in [4.69, 9.17) is 4.74 Å². The van der Waals surface area contributed by atoms with E-state index < -0.39 is 0 Å². The highest BCUT2D eigenvalue weighted by atomic mass is 79.9. The molecule has 16 heavy (non-hydrogen) atoms. The van der Waals surface area contributed by atoms with E-state index in [-0.39, 0.29) is 0 Å². The fourth-order valence-electron chi connectivity index (χ4n) is 1.45. The molecule has 0 unspecified atom stereocenters. The summed E-state index contributed by atoms with van der Waals surface area (Å²) in [7, 11) is 0. The van der Waals surface area contributed by atoms with Gasteiger partial charge in [0.05, 0.1) is 17.6 Å². The van der Waals surface area contributed by atoms with E-state index in [0.717, 1.165) is 11.5 Å². The molecule has 0 bridgehead atoms. The fourth-order valence-corrected chi connectivity index (χ4v) is 1.81. The van der Waals surface area contributed by atoms with Crippen LogP contribution in [0.25, 0.3) is 5.69 Å². The number of para-hydroxylation sites is 1. The van der Waals surface area contributed by atoms with Crippen LogP contribution in [0.4, 0.5) is 0 Å². The van der Waals surface area contributed by atoms with Crippen molar-refractivity contribution >= 4 is 15.9 Å². The lowest BCUT2D eigenvalue weighted by Crippen LogP contribution is -2.04. The summed E-state index contributed by atoms with van der Waals surface area (Å²) in [5.41, 5.74) is 1.01. The molecule has 0 spiro atoms. The molecule has 0 amide bonds. The van der Waals surface area contributed by atoms with E-state index in [1.165, 1.54) is 0 Å². The number of benzene rings is 1. The van der Waals surface area contributed by atoms with Gasteiger partial charge in [0.1, 0.15) is 0 Å². The summed E-state index contributed by atoms with van der Waals surface area (Å²) >= 11 is 3.39. The standard InChI is InChI=1S/C11H12BrN3O/c1-2-16-11-14-13-10(8-12)15(11)9-6-4-3-5-7-9/h3-7H,2,8H2,1H3. The van der Waals surface area contributed by atoms with Gasteiger partial charge in [0, 0.05) is 0 Å². The molecule has 0 aliphatic heterocycles. The van der Waals surface area contributed by atoms with Crippen molar-refractivity contribution in [3.8, 4) is 11.7 Å². The smallest absolute Gasteiger partial charge is 0.321 e. The normalized spacial score (nSPS) is 10.4. The lowest BCUT2D eigenvalue weighted by Gasteiger charge is -2.08. The van der Waals surface area contributed by atoms with Crippen molar-refractivity contribution in [1.29, 1.82) is 0 Å². The van der Waals surface area contributed by atoms with Gasteiger partial charge in [-0.2, -0.15) is 0 Å². The molecular weight excluding hydrogens is 270 g/mol. The average Bonchev–Trinajstić information content (AvgIpc) is 2.74. The Labute approximate surface area is 102 Å². The van der Waals surface area contributed by atoms with Crippen LogP contribution < -0.4 is 4.74 Å². The molecule has 1 aromatic carbocycles. The monoisotopic (exact) mass is 281 g/mol. The molecule has 4 nitrogen and oxygen atoms in total. The van der Waals surface area contributed by atoms with Crippen LogP contribution in [-0.4, -0.2) is 21.4 Å². The second-order valence-corrected chi connectivity index (χ2v) is 3.70. The minimum atomic E-state index is 0.531. The summed E-state index contributed by atoms with van der Waals surface area (Å²) in [4.78, 5) is 0. The third-order valence-electron chi connectivity index (χ3n) is 2.11. The third-order valence-corrected chi connectivity index (χ3v) is 2.61. The molecule has 0 fully saturated rings. The van der Waals surface area contributed by atoms with Crippen LogP contribution in [0.5, 0.6) is 6.01 Å². The molecule has 2 rings (SSSR count). The maximum Gasteiger partial charge on any atom is 0.321 e. The van der Waals surface area contributed by atoms with Crippen molar-refractivity contribution in [1.82, 2.24) is 14.8 Å². The van der Waals surface area contributed by atoms with Crippen molar-refractivity contribution in [3.63, 3.8) is 0 Å². The number of hydrogen-bond acceptors (Lipinski definition) is 3. The molecule has 0 atom stereocenters. The Balaban J connectivity index is 2.48. The minimum absolute atomic E-state index is 0.531. The van der Waals surface area contributed by atoms with Crippen molar-refractivity contribution in [2.45, 2.75) is 12.3 Å². The Kier molecular flexibility index (Phi) is 3.56. The predicted molar refractivity (Wildman–Crippen MR) is 65.2 cm³/mol. The van der Waals surface area contributed by atoms with Crippen LogP contribution in [0.2, 0.25) is 0 Å². The van der Waals surface area contributed by atoms with E-state index in [1.807, 2.05) is 41.8 Å². The first-order valence-electron chi connectivity index (χ1n) is 5.05. The van der Waals surface area contributed by atoms with Gasteiger partial charge in [-0.3, -0.25) is 0 Å². The second-order valence-electron chi connectivity index (χ2n) is 3.14. The second kappa shape index (κ2) is 5.12.